The number of nitrogens with zero attached hydrogens (tertiary/aromatic N) is 4. The second-order valence-corrected chi connectivity index (χ2v) is 9.95. The molecule has 1 aliphatic rings. The minimum absolute atomic E-state index is 0.0210. The molecule has 3 heterocycles. The van der Waals surface area contributed by atoms with Gasteiger partial charge in [0.2, 0.25) is 5.88 Å². The fraction of sp³-hybridized carbons (Fsp3) is 0.370. The third-order valence-electron chi connectivity index (χ3n) is 6.72. The Kier molecular flexibility index (Phi) is 6.57. The van der Waals surface area contributed by atoms with E-state index in [1.165, 1.54) is 38.5 Å². The highest BCUT2D eigenvalue weighted by atomic mass is 19.1. The van der Waals surface area contributed by atoms with Gasteiger partial charge < -0.3 is 14.8 Å². The van der Waals surface area contributed by atoms with Crippen molar-refractivity contribution in [3.8, 4) is 28.5 Å². The molecule has 8 nitrogen and oxygen atoms in total. The number of carboxylic acid groups (broad SMARTS) is 1. The number of H-pyrrole nitrogens is 1. The summed E-state index contributed by atoms with van der Waals surface area (Å²) in [6.45, 7) is 2.89. The summed E-state index contributed by atoms with van der Waals surface area (Å²) in [5.41, 5.74) is 1.05. The van der Waals surface area contributed by atoms with Crippen molar-refractivity contribution in [1.82, 2.24) is 24.9 Å². The summed E-state index contributed by atoms with van der Waals surface area (Å²) in [4.78, 5) is 31.2. The van der Waals surface area contributed by atoms with Crippen LogP contribution < -0.4 is 4.74 Å². The smallest absolute Gasteiger partial charge is 0.303 e. The lowest BCUT2D eigenvalue weighted by atomic mass is 9.85. The van der Waals surface area contributed by atoms with Gasteiger partial charge in [-0.3, -0.25) is 4.79 Å². The van der Waals surface area contributed by atoms with Crippen LogP contribution in [0.4, 0.5) is 8.78 Å². The van der Waals surface area contributed by atoms with Crippen LogP contribution in [0.3, 0.4) is 0 Å². The first-order chi connectivity index (χ1) is 17.7. The number of aliphatic carboxylic acids is 1. The summed E-state index contributed by atoms with van der Waals surface area (Å²) in [7, 11) is 0. The molecule has 5 rings (SSSR count). The Hall–Kier alpha value is -3.95. The highest BCUT2D eigenvalue weighted by Gasteiger charge is 2.25. The third-order valence-corrected chi connectivity index (χ3v) is 6.72. The summed E-state index contributed by atoms with van der Waals surface area (Å²) >= 11 is 0. The molecule has 2 N–H and O–H groups in total. The average Bonchev–Trinajstić information content (AvgIpc) is 3.28. The molecule has 0 spiro atoms. The molecule has 10 heteroatoms. The van der Waals surface area contributed by atoms with E-state index in [-0.39, 0.29) is 24.0 Å². The Morgan fingerprint density at radius 2 is 1.89 bits per heavy atom. The van der Waals surface area contributed by atoms with Crippen LogP contribution in [0.1, 0.15) is 51.5 Å². The van der Waals surface area contributed by atoms with Crippen molar-refractivity contribution in [3.05, 3.63) is 54.2 Å². The van der Waals surface area contributed by atoms with Crippen molar-refractivity contribution in [2.24, 2.45) is 5.92 Å². The van der Waals surface area contributed by atoms with E-state index < -0.39 is 17.5 Å². The third kappa shape index (κ3) is 5.58. The molecule has 0 atom stereocenters. The highest BCUT2D eigenvalue weighted by molar-refractivity contribution is 5.77. The zero-order valence-corrected chi connectivity index (χ0v) is 20.5. The second-order valence-electron chi connectivity index (χ2n) is 9.95. The lowest BCUT2D eigenvalue weighted by Gasteiger charge is -2.27. The average molecular weight is 508 g/mol. The van der Waals surface area contributed by atoms with E-state index >= 15 is 4.39 Å². The van der Waals surface area contributed by atoms with E-state index in [1.807, 2.05) is 0 Å². The van der Waals surface area contributed by atoms with Crippen molar-refractivity contribution in [2.75, 3.05) is 0 Å². The molecule has 1 fully saturated rings. The molecule has 4 aromatic rings. The number of aromatic nitrogens is 5. The number of aromatic amines is 1. The van der Waals surface area contributed by atoms with Crippen LogP contribution in [0, 0.1) is 11.7 Å². The Bertz CT molecular complexity index is 1420. The number of ether oxygens (including phenoxy) is 1. The molecule has 0 unspecified atom stereocenters. The predicted molar refractivity (Wildman–Crippen MR) is 133 cm³/mol. The first-order valence-corrected chi connectivity index (χ1v) is 12.2. The van der Waals surface area contributed by atoms with E-state index in [9.17, 15) is 9.18 Å². The van der Waals surface area contributed by atoms with Crippen LogP contribution in [0.5, 0.6) is 5.88 Å². The molecular formula is C27H27F2N5O3. The number of halogens is 2. The quantitative estimate of drug-likeness (QED) is 0.323. The van der Waals surface area contributed by atoms with Crippen molar-refractivity contribution in [2.45, 2.75) is 57.7 Å². The van der Waals surface area contributed by atoms with Crippen molar-refractivity contribution in [1.29, 1.82) is 0 Å². The van der Waals surface area contributed by atoms with Crippen molar-refractivity contribution in [3.63, 3.8) is 0 Å². The Balaban J connectivity index is 1.27. The van der Waals surface area contributed by atoms with Crippen LogP contribution in [-0.4, -0.2) is 42.1 Å². The number of imidazole rings is 1. The lowest BCUT2D eigenvalue weighted by Crippen LogP contribution is -2.25. The Labute approximate surface area is 212 Å². The number of hydrogen-bond acceptors (Lipinski definition) is 6. The predicted octanol–water partition coefficient (Wildman–Crippen LogP) is 5.84. The first kappa shape index (κ1) is 24.7. The molecule has 1 aliphatic carbocycles. The van der Waals surface area contributed by atoms with Crippen molar-refractivity contribution >= 4 is 17.1 Å². The van der Waals surface area contributed by atoms with Crippen LogP contribution >= 0.6 is 0 Å². The fourth-order valence-electron chi connectivity index (χ4n) is 4.62. The van der Waals surface area contributed by atoms with E-state index in [1.54, 1.807) is 18.2 Å². The van der Waals surface area contributed by atoms with Crippen LogP contribution in [-0.2, 0) is 10.5 Å². The van der Waals surface area contributed by atoms with Gasteiger partial charge >= 0.3 is 5.97 Å². The van der Waals surface area contributed by atoms with E-state index in [0.29, 0.717) is 39.7 Å². The van der Waals surface area contributed by atoms with Gasteiger partial charge in [0, 0.05) is 23.7 Å². The summed E-state index contributed by atoms with van der Waals surface area (Å²) in [5, 5.41) is 8.95. The maximum Gasteiger partial charge on any atom is 0.303 e. The number of alkyl halides is 1. The van der Waals surface area contributed by atoms with Gasteiger partial charge in [-0.15, -0.1) is 0 Å². The zero-order valence-electron chi connectivity index (χ0n) is 20.5. The maximum absolute atomic E-state index is 15.1. The molecule has 0 aliphatic heterocycles. The standard InChI is InChI=1S/C27H27F2N5O3/c1-27(2,29)17-11-21-26(32-12-17)34-25(33-21)19-8-5-16(10-20(19)28)22-13-31-23(14-30-22)37-18-6-3-15(4-7-18)9-24(35)36/h5,8,10-15,18H,3-4,6-7,9H2,1-2H3,(H,35,36)(H,32,33,34). The zero-order chi connectivity index (χ0) is 26.2. The summed E-state index contributed by atoms with van der Waals surface area (Å²) in [5.74, 6) is -0.385. The van der Waals surface area contributed by atoms with Gasteiger partial charge in [-0.05, 0) is 63.6 Å². The number of carboxylic acids is 1. The SMILES string of the molecule is CC(C)(F)c1cnc2nc(-c3ccc(-c4cnc(OC5CCC(CC(=O)O)CC5)cn4)cc3F)[nH]c2c1. The van der Waals surface area contributed by atoms with E-state index in [2.05, 4.69) is 24.9 Å². The lowest BCUT2D eigenvalue weighted by molar-refractivity contribution is -0.138. The number of fused-ring (bicyclic) bond motifs is 1. The van der Waals surface area contributed by atoms with Gasteiger partial charge in [0.1, 0.15) is 23.4 Å². The minimum atomic E-state index is -1.55. The van der Waals surface area contributed by atoms with E-state index in [4.69, 9.17) is 9.84 Å². The number of carbonyl (C=O) groups is 1. The molecule has 1 aromatic carbocycles. The number of pyridine rings is 1. The molecule has 192 valence electrons. The molecule has 0 amide bonds. The number of benzene rings is 1. The highest BCUT2D eigenvalue weighted by Crippen LogP contribution is 2.31. The van der Waals surface area contributed by atoms with Crippen LogP contribution in [0.25, 0.3) is 33.8 Å². The number of nitrogens with one attached hydrogen (secondary N) is 1. The van der Waals surface area contributed by atoms with Gasteiger partial charge in [0.15, 0.2) is 5.65 Å². The van der Waals surface area contributed by atoms with Crippen LogP contribution in [0.15, 0.2) is 42.9 Å². The topological polar surface area (TPSA) is 114 Å². The van der Waals surface area contributed by atoms with Gasteiger partial charge in [0.05, 0.1) is 29.2 Å². The molecule has 0 radical (unpaired) electrons. The van der Waals surface area contributed by atoms with Gasteiger partial charge in [0.25, 0.3) is 0 Å². The summed E-state index contributed by atoms with van der Waals surface area (Å²) in [6, 6.07) is 6.32. The number of hydrogen-bond donors (Lipinski definition) is 2. The molecule has 3 aromatic heterocycles. The summed E-state index contributed by atoms with van der Waals surface area (Å²) in [6.07, 6.45) is 7.83. The largest absolute Gasteiger partial charge is 0.481 e. The number of rotatable bonds is 7. The molecule has 1 saturated carbocycles. The van der Waals surface area contributed by atoms with E-state index in [0.717, 1.165) is 25.7 Å². The normalized spacial score (nSPS) is 18.2. The second kappa shape index (κ2) is 9.84. The van der Waals surface area contributed by atoms with Gasteiger partial charge in [-0.2, -0.15) is 0 Å². The summed E-state index contributed by atoms with van der Waals surface area (Å²) < 4.78 is 35.3. The fourth-order valence-corrected chi connectivity index (χ4v) is 4.62. The Morgan fingerprint density at radius 1 is 1.11 bits per heavy atom. The monoisotopic (exact) mass is 507 g/mol. The molecule has 37 heavy (non-hydrogen) atoms. The molecular weight excluding hydrogens is 480 g/mol. The van der Waals surface area contributed by atoms with Crippen molar-refractivity contribution < 1.29 is 23.4 Å². The molecule has 0 saturated heterocycles. The first-order valence-electron chi connectivity index (χ1n) is 12.2. The van der Waals surface area contributed by atoms with Gasteiger partial charge in [-0.25, -0.2) is 28.7 Å². The molecule has 0 bridgehead atoms. The minimum Gasteiger partial charge on any atom is -0.481 e. The van der Waals surface area contributed by atoms with Gasteiger partial charge in [-0.1, -0.05) is 6.07 Å². The Morgan fingerprint density at radius 3 is 2.54 bits per heavy atom. The maximum atomic E-state index is 15.1. The van der Waals surface area contributed by atoms with Crippen LogP contribution in [0.2, 0.25) is 0 Å².